The third-order valence-electron chi connectivity index (χ3n) is 3.57. The van der Waals surface area contributed by atoms with Crippen LogP contribution in [0.25, 0.3) is 0 Å². The monoisotopic (exact) mass is 368 g/mol. The molecule has 0 aliphatic carbocycles. The first kappa shape index (κ1) is 16.7. The molecule has 5 nitrogen and oxygen atoms in total. The molecule has 0 unspecified atom stereocenters. The van der Waals surface area contributed by atoms with Gasteiger partial charge in [-0.25, -0.2) is 0 Å². The lowest BCUT2D eigenvalue weighted by Crippen LogP contribution is -2.21. The van der Waals surface area contributed by atoms with Crippen LogP contribution in [0.15, 0.2) is 28.6 Å². The van der Waals surface area contributed by atoms with Gasteiger partial charge >= 0.3 is 0 Å². The normalized spacial score (nSPS) is 15.0. The van der Waals surface area contributed by atoms with Crippen LogP contribution < -0.4 is 5.32 Å². The summed E-state index contributed by atoms with van der Waals surface area (Å²) >= 11 is 8.91. The van der Waals surface area contributed by atoms with Crippen LogP contribution in [0.5, 0.6) is 0 Å². The van der Waals surface area contributed by atoms with Gasteiger partial charge in [-0.2, -0.15) is 0 Å². The Morgan fingerprint density at radius 1 is 1.26 bits per heavy atom. The molecule has 2 heterocycles. The number of carbonyl (C=O) groups is 1. The van der Waals surface area contributed by atoms with Gasteiger partial charge in [0.15, 0.2) is 4.34 Å². The second-order valence-electron chi connectivity index (χ2n) is 5.23. The van der Waals surface area contributed by atoms with E-state index in [0.717, 1.165) is 16.6 Å². The zero-order chi connectivity index (χ0) is 16.1. The molecule has 1 saturated heterocycles. The summed E-state index contributed by atoms with van der Waals surface area (Å²) in [6.45, 7) is 3.49. The van der Waals surface area contributed by atoms with E-state index in [2.05, 4.69) is 20.4 Å². The number of nitrogens with zero attached hydrogens (tertiary/aromatic N) is 3. The van der Waals surface area contributed by atoms with Crippen molar-refractivity contribution in [3.05, 3.63) is 34.9 Å². The average Bonchev–Trinajstić information content (AvgIpc) is 3.20. The predicted molar refractivity (Wildman–Crippen MR) is 95.7 cm³/mol. The van der Waals surface area contributed by atoms with Crippen molar-refractivity contribution < 1.29 is 4.79 Å². The van der Waals surface area contributed by atoms with Gasteiger partial charge in [0, 0.05) is 22.9 Å². The number of aromatic nitrogens is 2. The Hall–Kier alpha value is -1.15. The quantitative estimate of drug-likeness (QED) is 0.623. The van der Waals surface area contributed by atoms with Crippen LogP contribution in [0, 0.1) is 0 Å². The minimum absolute atomic E-state index is 0.202. The van der Waals surface area contributed by atoms with E-state index in [1.807, 2.05) is 0 Å². The molecule has 23 heavy (non-hydrogen) atoms. The summed E-state index contributed by atoms with van der Waals surface area (Å²) in [6.07, 6.45) is 2.62. The second kappa shape index (κ2) is 8.10. The lowest BCUT2D eigenvalue weighted by Gasteiger charge is -2.12. The topological polar surface area (TPSA) is 58.1 Å². The van der Waals surface area contributed by atoms with Crippen LogP contribution in [-0.2, 0) is 0 Å². The first-order valence-corrected chi connectivity index (χ1v) is 9.64. The lowest BCUT2D eigenvalue weighted by molar-refractivity contribution is 0.102. The fourth-order valence-corrected chi connectivity index (χ4v) is 4.30. The average molecular weight is 369 g/mol. The smallest absolute Gasteiger partial charge is 0.257 e. The number of hydrogen-bond acceptors (Lipinski definition) is 6. The summed E-state index contributed by atoms with van der Waals surface area (Å²) in [5, 5.41) is 12.0. The Labute approximate surface area is 148 Å². The molecule has 1 aromatic heterocycles. The van der Waals surface area contributed by atoms with E-state index in [1.54, 1.807) is 36.0 Å². The summed E-state index contributed by atoms with van der Waals surface area (Å²) in [5.41, 5.74) is 0.549. The van der Waals surface area contributed by atoms with E-state index in [-0.39, 0.29) is 5.91 Å². The number of thioether (sulfide) groups is 1. The number of nitrogens with one attached hydrogen (secondary N) is 1. The number of amides is 1. The number of benzene rings is 1. The molecule has 0 radical (unpaired) electrons. The molecular formula is C15H17ClN4OS2. The van der Waals surface area contributed by atoms with Crippen LogP contribution >= 0.6 is 34.7 Å². The van der Waals surface area contributed by atoms with E-state index in [9.17, 15) is 4.79 Å². The molecule has 1 aliphatic rings. The maximum atomic E-state index is 12.1. The summed E-state index contributed by atoms with van der Waals surface area (Å²) in [7, 11) is 0. The van der Waals surface area contributed by atoms with Crippen LogP contribution in [-0.4, -0.2) is 46.4 Å². The highest BCUT2D eigenvalue weighted by Gasteiger charge is 2.13. The highest BCUT2D eigenvalue weighted by molar-refractivity contribution is 8.01. The van der Waals surface area contributed by atoms with Gasteiger partial charge in [-0.15, -0.1) is 10.2 Å². The van der Waals surface area contributed by atoms with Crippen molar-refractivity contribution in [2.24, 2.45) is 0 Å². The number of anilines is 1. The van der Waals surface area contributed by atoms with E-state index < -0.39 is 0 Å². The SMILES string of the molecule is O=C(Nc1nnc(SCCN2CCCC2)s1)c1ccc(Cl)cc1. The molecule has 3 rings (SSSR count). The van der Waals surface area contributed by atoms with E-state index in [1.165, 1.54) is 37.3 Å². The van der Waals surface area contributed by atoms with E-state index in [0.29, 0.717) is 15.7 Å². The Morgan fingerprint density at radius 3 is 2.74 bits per heavy atom. The molecule has 8 heteroatoms. The summed E-state index contributed by atoms with van der Waals surface area (Å²) in [4.78, 5) is 14.6. The van der Waals surface area contributed by atoms with Crippen LogP contribution in [0.4, 0.5) is 5.13 Å². The minimum Gasteiger partial charge on any atom is -0.303 e. The zero-order valence-electron chi connectivity index (χ0n) is 12.5. The second-order valence-corrected chi connectivity index (χ2v) is 7.99. The molecule has 0 atom stereocenters. The first-order valence-electron chi connectivity index (χ1n) is 7.46. The molecule has 0 bridgehead atoms. The molecule has 2 aromatic rings. The number of likely N-dealkylation sites (tertiary alicyclic amines) is 1. The Morgan fingerprint density at radius 2 is 2.00 bits per heavy atom. The number of hydrogen-bond donors (Lipinski definition) is 1. The number of halogens is 1. The standard InChI is InChI=1S/C15H17ClN4OS2/c16-12-5-3-11(4-6-12)13(21)17-14-18-19-15(23-14)22-10-9-20-7-1-2-8-20/h3-6H,1-2,7-10H2,(H,17,18,21). The zero-order valence-corrected chi connectivity index (χ0v) is 14.9. The Kier molecular flexibility index (Phi) is 5.88. The summed E-state index contributed by atoms with van der Waals surface area (Å²) < 4.78 is 0.885. The molecule has 1 aliphatic heterocycles. The van der Waals surface area contributed by atoms with E-state index in [4.69, 9.17) is 11.6 Å². The Bertz CT molecular complexity index is 656. The molecule has 1 amide bonds. The molecule has 0 spiro atoms. The number of carbonyl (C=O) groups excluding carboxylic acids is 1. The van der Waals surface area contributed by atoms with Crippen molar-refractivity contribution in [2.45, 2.75) is 17.2 Å². The highest BCUT2D eigenvalue weighted by atomic mass is 35.5. The van der Waals surface area contributed by atoms with Gasteiger partial charge in [0.1, 0.15) is 0 Å². The van der Waals surface area contributed by atoms with Gasteiger partial charge in [0.2, 0.25) is 5.13 Å². The molecule has 1 N–H and O–H groups in total. The molecular weight excluding hydrogens is 352 g/mol. The van der Waals surface area contributed by atoms with Gasteiger partial charge in [-0.05, 0) is 50.2 Å². The van der Waals surface area contributed by atoms with Gasteiger partial charge in [-0.3, -0.25) is 10.1 Å². The fourth-order valence-electron chi connectivity index (χ4n) is 2.36. The van der Waals surface area contributed by atoms with Gasteiger partial charge in [0.25, 0.3) is 5.91 Å². The lowest BCUT2D eigenvalue weighted by atomic mass is 10.2. The molecule has 122 valence electrons. The fraction of sp³-hybridized carbons (Fsp3) is 0.400. The van der Waals surface area contributed by atoms with Crippen LogP contribution in [0.3, 0.4) is 0 Å². The molecule has 1 fully saturated rings. The number of rotatable bonds is 6. The van der Waals surface area contributed by atoms with Crippen molar-refractivity contribution >= 4 is 45.7 Å². The summed E-state index contributed by atoms with van der Waals surface area (Å²) in [6, 6.07) is 6.75. The summed E-state index contributed by atoms with van der Waals surface area (Å²) in [5.74, 6) is 0.797. The van der Waals surface area contributed by atoms with Crippen molar-refractivity contribution in [1.29, 1.82) is 0 Å². The third-order valence-corrected chi connectivity index (χ3v) is 5.77. The van der Waals surface area contributed by atoms with Gasteiger partial charge < -0.3 is 4.90 Å². The highest BCUT2D eigenvalue weighted by Crippen LogP contribution is 2.26. The third kappa shape index (κ3) is 4.91. The van der Waals surface area contributed by atoms with Crippen LogP contribution in [0.1, 0.15) is 23.2 Å². The minimum atomic E-state index is -0.202. The molecule has 0 saturated carbocycles. The van der Waals surface area contributed by atoms with Crippen LogP contribution in [0.2, 0.25) is 5.02 Å². The predicted octanol–water partition coefficient (Wildman–Crippen LogP) is 3.63. The van der Waals surface area contributed by atoms with Crippen molar-refractivity contribution in [3.63, 3.8) is 0 Å². The first-order chi connectivity index (χ1) is 11.2. The largest absolute Gasteiger partial charge is 0.303 e. The van der Waals surface area contributed by atoms with Gasteiger partial charge in [0.05, 0.1) is 0 Å². The van der Waals surface area contributed by atoms with Gasteiger partial charge in [-0.1, -0.05) is 34.7 Å². The van der Waals surface area contributed by atoms with Crippen molar-refractivity contribution in [1.82, 2.24) is 15.1 Å². The van der Waals surface area contributed by atoms with E-state index >= 15 is 0 Å². The maximum Gasteiger partial charge on any atom is 0.257 e. The molecule has 1 aromatic carbocycles. The van der Waals surface area contributed by atoms with Crippen molar-refractivity contribution in [3.8, 4) is 0 Å². The Balaban J connectivity index is 1.48. The maximum absolute atomic E-state index is 12.1. The van der Waals surface area contributed by atoms with Crippen molar-refractivity contribution in [2.75, 3.05) is 30.7 Å².